The van der Waals surface area contributed by atoms with E-state index in [-0.39, 0.29) is 0 Å². The third kappa shape index (κ3) is 3.91. The molecule has 1 N–H and O–H groups in total. The van der Waals surface area contributed by atoms with E-state index in [0.717, 1.165) is 29.4 Å². The van der Waals surface area contributed by atoms with Crippen molar-refractivity contribution < 1.29 is 4.74 Å². The maximum Gasteiger partial charge on any atom is 0.125 e. The van der Waals surface area contributed by atoms with E-state index in [1.165, 1.54) is 12.8 Å². The highest BCUT2D eigenvalue weighted by Gasteiger charge is 2.33. The Kier molecular flexibility index (Phi) is 5.91. The molecule has 2 rings (SSSR count). The van der Waals surface area contributed by atoms with Crippen molar-refractivity contribution in [2.75, 3.05) is 27.2 Å². The van der Waals surface area contributed by atoms with Gasteiger partial charge in [-0.15, -0.1) is 0 Å². The van der Waals surface area contributed by atoms with Gasteiger partial charge in [0.1, 0.15) is 5.75 Å². The summed E-state index contributed by atoms with van der Waals surface area (Å²) in [6, 6.07) is 6.75. The second-order valence-corrected chi connectivity index (χ2v) is 6.65. The Balaban J connectivity index is 2.31. The summed E-state index contributed by atoms with van der Waals surface area (Å²) < 4.78 is 5.57. The number of hydrogen-bond donors (Lipinski definition) is 1. The van der Waals surface area contributed by atoms with Gasteiger partial charge in [0.15, 0.2) is 0 Å². The van der Waals surface area contributed by atoms with Gasteiger partial charge in [0.25, 0.3) is 0 Å². The van der Waals surface area contributed by atoms with E-state index < -0.39 is 0 Å². The molecule has 0 saturated carbocycles. The second-order valence-electron chi connectivity index (χ2n) is 6.25. The number of benzene rings is 1. The lowest BCUT2D eigenvalue weighted by Crippen LogP contribution is -2.42. The molecule has 1 fully saturated rings. The molecule has 4 heteroatoms. The van der Waals surface area contributed by atoms with Crippen LogP contribution in [0.5, 0.6) is 5.75 Å². The highest BCUT2D eigenvalue weighted by atomic mass is 35.5. The van der Waals surface area contributed by atoms with E-state index >= 15 is 0 Å². The van der Waals surface area contributed by atoms with Gasteiger partial charge in [-0.1, -0.05) is 31.5 Å². The van der Waals surface area contributed by atoms with Crippen molar-refractivity contribution in [3.8, 4) is 5.75 Å². The first-order valence-electron chi connectivity index (χ1n) is 7.80. The monoisotopic (exact) mass is 310 g/mol. The van der Waals surface area contributed by atoms with Crippen molar-refractivity contribution in [3.63, 3.8) is 0 Å². The number of methoxy groups -OCH3 is 1. The molecule has 0 bridgehead atoms. The van der Waals surface area contributed by atoms with E-state index in [1.54, 1.807) is 7.11 Å². The van der Waals surface area contributed by atoms with Crippen LogP contribution in [0.2, 0.25) is 5.02 Å². The lowest BCUT2D eigenvalue weighted by Gasteiger charge is -2.40. The number of ether oxygens (including phenoxy) is 1. The number of hydrogen-bond acceptors (Lipinski definition) is 3. The fourth-order valence-corrected chi connectivity index (χ4v) is 3.58. The van der Waals surface area contributed by atoms with Crippen LogP contribution in [0.4, 0.5) is 0 Å². The van der Waals surface area contributed by atoms with Crippen LogP contribution in [0.25, 0.3) is 0 Å². The maximum atomic E-state index is 6.51. The Morgan fingerprint density at radius 3 is 2.86 bits per heavy atom. The van der Waals surface area contributed by atoms with E-state index in [4.69, 9.17) is 16.3 Å². The lowest BCUT2D eigenvalue weighted by molar-refractivity contribution is 0.116. The number of halogens is 1. The van der Waals surface area contributed by atoms with Crippen LogP contribution in [0.3, 0.4) is 0 Å². The normalized spacial score (nSPS) is 23.5. The zero-order chi connectivity index (χ0) is 15.4. The van der Waals surface area contributed by atoms with Crippen LogP contribution in [0.1, 0.15) is 38.3 Å². The van der Waals surface area contributed by atoms with Crippen LogP contribution in [0.15, 0.2) is 18.2 Å². The molecule has 2 unspecified atom stereocenters. The molecule has 2 atom stereocenters. The van der Waals surface area contributed by atoms with Gasteiger partial charge >= 0.3 is 0 Å². The van der Waals surface area contributed by atoms with E-state index in [2.05, 4.69) is 31.1 Å². The van der Waals surface area contributed by atoms with E-state index in [1.807, 2.05) is 18.2 Å². The highest BCUT2D eigenvalue weighted by molar-refractivity contribution is 6.31. The predicted molar refractivity (Wildman–Crippen MR) is 89.2 cm³/mol. The van der Waals surface area contributed by atoms with E-state index in [0.29, 0.717) is 18.0 Å². The molecule has 0 aromatic heterocycles. The molecule has 1 heterocycles. The topological polar surface area (TPSA) is 24.5 Å². The van der Waals surface area contributed by atoms with Crippen LogP contribution < -0.4 is 10.1 Å². The van der Waals surface area contributed by atoms with Crippen molar-refractivity contribution in [2.45, 2.75) is 38.8 Å². The molecule has 1 aromatic carbocycles. The number of nitrogens with zero attached hydrogens (tertiary/aromatic N) is 1. The summed E-state index contributed by atoms with van der Waals surface area (Å²) in [4.78, 5) is 2.42. The number of piperidine rings is 1. The van der Waals surface area contributed by atoms with Crippen molar-refractivity contribution in [1.82, 2.24) is 10.2 Å². The van der Waals surface area contributed by atoms with Gasteiger partial charge in [-0.3, -0.25) is 4.90 Å². The highest BCUT2D eigenvalue weighted by Crippen LogP contribution is 2.42. The van der Waals surface area contributed by atoms with Crippen LogP contribution in [0, 0.1) is 5.92 Å². The quantitative estimate of drug-likeness (QED) is 0.897. The van der Waals surface area contributed by atoms with Crippen LogP contribution in [-0.2, 0) is 0 Å². The van der Waals surface area contributed by atoms with Crippen molar-refractivity contribution >= 4 is 11.6 Å². The minimum Gasteiger partial charge on any atom is -0.496 e. The molecule has 118 valence electrons. The lowest BCUT2D eigenvalue weighted by atomic mass is 9.84. The molecular formula is C17H27ClN2O. The van der Waals surface area contributed by atoms with Crippen molar-refractivity contribution in [1.29, 1.82) is 0 Å². The predicted octanol–water partition coefficient (Wildman–Crippen LogP) is 3.73. The van der Waals surface area contributed by atoms with Crippen molar-refractivity contribution in [2.24, 2.45) is 5.92 Å². The van der Waals surface area contributed by atoms with Crippen molar-refractivity contribution in [3.05, 3.63) is 28.8 Å². The van der Waals surface area contributed by atoms with Gasteiger partial charge in [-0.2, -0.15) is 0 Å². The smallest absolute Gasteiger partial charge is 0.125 e. The van der Waals surface area contributed by atoms with E-state index in [9.17, 15) is 0 Å². The third-order valence-corrected chi connectivity index (χ3v) is 4.65. The molecule has 0 radical (unpaired) electrons. The summed E-state index contributed by atoms with van der Waals surface area (Å²) in [5.74, 6) is 1.45. The minimum atomic E-state index is 0.314. The summed E-state index contributed by atoms with van der Waals surface area (Å²) in [6.45, 7) is 6.51. The third-order valence-electron chi connectivity index (χ3n) is 4.32. The fourth-order valence-electron chi connectivity index (χ4n) is 3.30. The summed E-state index contributed by atoms with van der Waals surface area (Å²) in [5.41, 5.74) is 1.14. The van der Waals surface area contributed by atoms with Gasteiger partial charge in [-0.05, 0) is 44.5 Å². The Hall–Kier alpha value is -0.770. The maximum absolute atomic E-state index is 6.51. The Morgan fingerprint density at radius 1 is 1.43 bits per heavy atom. The molecular weight excluding hydrogens is 284 g/mol. The van der Waals surface area contributed by atoms with Gasteiger partial charge in [0.2, 0.25) is 0 Å². The zero-order valence-corrected chi connectivity index (χ0v) is 14.3. The Morgan fingerprint density at radius 2 is 2.19 bits per heavy atom. The number of rotatable bonds is 5. The first kappa shape index (κ1) is 16.6. The van der Waals surface area contributed by atoms with Gasteiger partial charge < -0.3 is 10.1 Å². The standard InChI is InChI=1S/C17H27ClN2O/c1-12(2)19-11-13-7-6-10-20(3)17(13)16-14(18)8-5-9-15(16)21-4/h5,8-9,12-13,17,19H,6-7,10-11H2,1-4H3. The molecule has 1 aliphatic heterocycles. The second kappa shape index (κ2) is 7.48. The number of likely N-dealkylation sites (tertiary alicyclic amines) is 1. The van der Waals surface area contributed by atoms with Gasteiger partial charge in [0.05, 0.1) is 7.11 Å². The molecule has 0 spiro atoms. The average molecular weight is 311 g/mol. The first-order valence-corrected chi connectivity index (χ1v) is 8.18. The number of nitrogens with one attached hydrogen (secondary N) is 1. The summed E-state index contributed by atoms with van der Waals surface area (Å²) in [5, 5.41) is 4.39. The summed E-state index contributed by atoms with van der Waals surface area (Å²) in [6.07, 6.45) is 2.47. The molecule has 0 amide bonds. The van der Waals surface area contributed by atoms with Crippen LogP contribution >= 0.6 is 11.6 Å². The largest absolute Gasteiger partial charge is 0.496 e. The molecule has 1 saturated heterocycles. The van der Waals surface area contributed by atoms with Gasteiger partial charge in [0, 0.05) is 29.2 Å². The zero-order valence-electron chi connectivity index (χ0n) is 13.5. The average Bonchev–Trinajstić information content (AvgIpc) is 2.45. The Bertz CT molecular complexity index is 464. The van der Waals surface area contributed by atoms with Gasteiger partial charge in [-0.25, -0.2) is 0 Å². The molecule has 1 aliphatic rings. The Labute approximate surface area is 133 Å². The molecule has 0 aliphatic carbocycles. The minimum absolute atomic E-state index is 0.314. The fraction of sp³-hybridized carbons (Fsp3) is 0.647. The molecule has 21 heavy (non-hydrogen) atoms. The molecule has 1 aromatic rings. The van der Waals surface area contributed by atoms with Crippen LogP contribution in [-0.4, -0.2) is 38.2 Å². The first-order chi connectivity index (χ1) is 10.0. The summed E-state index contributed by atoms with van der Waals surface area (Å²) >= 11 is 6.51. The summed E-state index contributed by atoms with van der Waals surface area (Å²) in [7, 11) is 3.91. The SMILES string of the molecule is COc1cccc(Cl)c1C1C(CNC(C)C)CCCN1C. The molecule has 3 nitrogen and oxygen atoms in total.